The summed E-state index contributed by atoms with van der Waals surface area (Å²) in [6.45, 7) is 7.03. The van der Waals surface area contributed by atoms with Crippen LogP contribution < -0.4 is 10.2 Å². The van der Waals surface area contributed by atoms with Gasteiger partial charge in [0, 0.05) is 69.1 Å². The van der Waals surface area contributed by atoms with E-state index in [9.17, 15) is 9.59 Å². The van der Waals surface area contributed by atoms with Crippen LogP contribution in [0.1, 0.15) is 36.2 Å². The van der Waals surface area contributed by atoms with Crippen LogP contribution in [-0.4, -0.2) is 85.6 Å². The molecular formula is C33H42ClN5O3. The average Bonchev–Trinajstić information content (AvgIpc) is 3.26. The highest BCUT2D eigenvalue weighted by atomic mass is 35.5. The van der Waals surface area contributed by atoms with Crippen LogP contribution >= 0.6 is 12.4 Å². The first kappa shape index (κ1) is 31.6. The molecule has 1 aromatic heterocycles. The fourth-order valence-corrected chi connectivity index (χ4v) is 5.87. The van der Waals surface area contributed by atoms with Crippen molar-refractivity contribution in [2.75, 3.05) is 51.8 Å². The Hall–Kier alpha value is -3.30. The minimum Gasteiger partial charge on any atom is -0.376 e. The molecule has 0 aliphatic carbocycles. The lowest BCUT2D eigenvalue weighted by Crippen LogP contribution is -2.62. The topological polar surface area (TPSA) is 78.0 Å². The number of carbonyl (C=O) groups is 2. The molecule has 1 fully saturated rings. The summed E-state index contributed by atoms with van der Waals surface area (Å²) in [6, 6.07) is 22.2. The third kappa shape index (κ3) is 7.18. The normalized spacial score (nSPS) is 21.9. The van der Waals surface area contributed by atoms with E-state index in [1.807, 2.05) is 52.4 Å². The van der Waals surface area contributed by atoms with Gasteiger partial charge in [0.25, 0.3) is 0 Å². The summed E-state index contributed by atoms with van der Waals surface area (Å²) in [7, 11) is 3.53. The molecule has 1 saturated heterocycles. The number of rotatable bonds is 9. The van der Waals surface area contributed by atoms with Gasteiger partial charge in [0.1, 0.15) is 6.04 Å². The van der Waals surface area contributed by atoms with E-state index in [0.717, 1.165) is 22.5 Å². The van der Waals surface area contributed by atoms with Crippen molar-refractivity contribution in [3.63, 3.8) is 0 Å². The molecule has 9 heteroatoms. The summed E-state index contributed by atoms with van der Waals surface area (Å²) in [4.78, 5) is 37.4. The van der Waals surface area contributed by atoms with Crippen LogP contribution in [-0.2, 0) is 32.8 Å². The largest absolute Gasteiger partial charge is 0.376 e. The highest BCUT2D eigenvalue weighted by Gasteiger charge is 2.43. The number of likely N-dealkylation sites (N-methyl/N-ethyl adjacent to an activating group) is 1. The molecule has 0 spiro atoms. The van der Waals surface area contributed by atoms with Crippen LogP contribution in [0, 0.1) is 0 Å². The fraction of sp³-hybridized carbons (Fsp3) is 0.424. The monoisotopic (exact) mass is 591 g/mol. The first-order chi connectivity index (χ1) is 19.7. The number of carbonyl (C=O) groups excluding carboxylic acids is 2. The maximum atomic E-state index is 14.1. The van der Waals surface area contributed by atoms with E-state index in [1.54, 1.807) is 19.0 Å². The minimum atomic E-state index is -0.409. The third-order valence-corrected chi connectivity index (χ3v) is 8.12. The molecule has 1 unspecified atom stereocenters. The molecule has 3 aromatic rings. The van der Waals surface area contributed by atoms with Gasteiger partial charge in [0.05, 0.1) is 25.4 Å². The van der Waals surface area contributed by atoms with Gasteiger partial charge < -0.3 is 19.9 Å². The quantitative estimate of drug-likeness (QED) is 0.409. The number of fused-ring (bicyclic) bond motifs is 1. The number of ether oxygens (including phenoxy) is 1. The average molecular weight is 592 g/mol. The number of hydrogen-bond donors (Lipinski definition) is 1. The van der Waals surface area contributed by atoms with Crippen molar-refractivity contribution in [2.45, 2.75) is 44.4 Å². The third-order valence-electron chi connectivity index (χ3n) is 8.12. The molecule has 0 radical (unpaired) electrons. The second-order valence-corrected chi connectivity index (χ2v) is 11.9. The molecule has 8 nitrogen and oxygen atoms in total. The number of nitrogens with one attached hydrogen (secondary N) is 1. The Bertz CT molecular complexity index is 1360. The van der Waals surface area contributed by atoms with Gasteiger partial charge in [-0.3, -0.25) is 19.5 Å². The van der Waals surface area contributed by atoms with Crippen molar-refractivity contribution in [3.05, 3.63) is 95.3 Å². The minimum absolute atomic E-state index is 0. The molecule has 0 bridgehead atoms. The molecule has 224 valence electrons. The second kappa shape index (κ2) is 13.8. The summed E-state index contributed by atoms with van der Waals surface area (Å²) in [6.07, 6.45) is 2.62. The van der Waals surface area contributed by atoms with Crippen LogP contribution in [0.25, 0.3) is 0 Å². The summed E-state index contributed by atoms with van der Waals surface area (Å²) < 4.78 is 6.22. The number of pyridine rings is 1. The standard InChI is InChI=1S/C33H41N5O3.ClH/c1-24-19-37(30(18-34-24)32(40)36(3)4)20-31(39)38-22-33(2,23-41-21-26-13-9-6-10-14-26)28-17-35-27(16-29(28)38)15-25-11-7-5-8-12-25;/h5-14,16-17,24,30,34H,15,18-23H2,1-4H3;1H/t24-,30-,33?;/m1./s1. The lowest BCUT2D eigenvalue weighted by molar-refractivity contribution is -0.136. The Kier molecular flexibility index (Phi) is 10.4. The number of hydrogen-bond acceptors (Lipinski definition) is 6. The van der Waals surface area contributed by atoms with Crippen LogP contribution in [0.3, 0.4) is 0 Å². The van der Waals surface area contributed by atoms with Crippen LogP contribution in [0.5, 0.6) is 0 Å². The van der Waals surface area contributed by atoms with Gasteiger partial charge in [-0.2, -0.15) is 0 Å². The predicted molar refractivity (Wildman–Crippen MR) is 168 cm³/mol. The number of nitrogens with zero attached hydrogens (tertiary/aromatic N) is 4. The van der Waals surface area contributed by atoms with Gasteiger partial charge in [-0.1, -0.05) is 67.6 Å². The zero-order chi connectivity index (χ0) is 29.0. The number of piperazine rings is 1. The van der Waals surface area contributed by atoms with E-state index in [2.05, 4.69) is 49.5 Å². The van der Waals surface area contributed by atoms with Crippen molar-refractivity contribution in [3.8, 4) is 0 Å². The van der Waals surface area contributed by atoms with Crippen LogP contribution in [0.15, 0.2) is 72.9 Å². The summed E-state index contributed by atoms with van der Waals surface area (Å²) in [5.41, 5.74) is 4.70. The first-order valence-electron chi connectivity index (χ1n) is 14.4. The Labute approximate surface area is 255 Å². The van der Waals surface area contributed by atoms with Crippen LogP contribution in [0.4, 0.5) is 5.69 Å². The van der Waals surface area contributed by atoms with E-state index in [1.165, 1.54) is 5.56 Å². The van der Waals surface area contributed by atoms with E-state index in [-0.39, 0.29) is 42.8 Å². The maximum absolute atomic E-state index is 14.1. The SMILES string of the molecule is C[C@@H]1CN(CC(=O)N2CC(C)(COCc3ccccc3)c3cnc(Cc4ccccc4)cc32)[C@@H](C(=O)N(C)C)CN1.Cl. The molecule has 3 heterocycles. The molecule has 3 atom stereocenters. The van der Waals surface area contributed by atoms with E-state index < -0.39 is 5.41 Å². The molecule has 0 saturated carbocycles. The lowest BCUT2D eigenvalue weighted by atomic mass is 9.86. The van der Waals surface area contributed by atoms with Gasteiger partial charge in [-0.15, -0.1) is 12.4 Å². The molecule has 2 aromatic carbocycles. The van der Waals surface area contributed by atoms with Crippen LogP contribution in [0.2, 0.25) is 0 Å². The van der Waals surface area contributed by atoms with Crippen molar-refractivity contribution in [1.82, 2.24) is 20.1 Å². The fourth-order valence-electron chi connectivity index (χ4n) is 5.87. The number of aromatic nitrogens is 1. The van der Waals surface area contributed by atoms with E-state index >= 15 is 0 Å². The Morgan fingerprint density at radius 3 is 2.40 bits per heavy atom. The van der Waals surface area contributed by atoms with Crippen molar-refractivity contribution < 1.29 is 14.3 Å². The summed E-state index contributed by atoms with van der Waals surface area (Å²) >= 11 is 0. The summed E-state index contributed by atoms with van der Waals surface area (Å²) in [5, 5.41) is 3.40. The zero-order valence-electron chi connectivity index (χ0n) is 25.0. The second-order valence-electron chi connectivity index (χ2n) is 11.9. The summed E-state index contributed by atoms with van der Waals surface area (Å²) in [5.74, 6) is -0.00642. The first-order valence-corrected chi connectivity index (χ1v) is 14.4. The molecular weight excluding hydrogens is 550 g/mol. The van der Waals surface area contributed by atoms with Crippen molar-refractivity contribution in [2.24, 2.45) is 0 Å². The number of anilines is 1. The Balaban J connectivity index is 0.00000405. The Morgan fingerprint density at radius 2 is 1.74 bits per heavy atom. The molecule has 2 aliphatic rings. The number of amides is 2. The molecule has 42 heavy (non-hydrogen) atoms. The lowest BCUT2D eigenvalue weighted by Gasteiger charge is -2.39. The zero-order valence-corrected chi connectivity index (χ0v) is 25.8. The van der Waals surface area contributed by atoms with E-state index in [4.69, 9.17) is 9.72 Å². The van der Waals surface area contributed by atoms with Gasteiger partial charge in [-0.05, 0) is 24.1 Å². The van der Waals surface area contributed by atoms with Crippen molar-refractivity contribution >= 4 is 29.9 Å². The van der Waals surface area contributed by atoms with Gasteiger partial charge in [0.2, 0.25) is 11.8 Å². The number of halogens is 1. The number of benzene rings is 2. The molecule has 5 rings (SSSR count). The molecule has 2 aliphatic heterocycles. The smallest absolute Gasteiger partial charge is 0.241 e. The molecule has 2 amide bonds. The Morgan fingerprint density at radius 1 is 1.07 bits per heavy atom. The van der Waals surface area contributed by atoms with Crippen molar-refractivity contribution in [1.29, 1.82) is 0 Å². The molecule has 1 N–H and O–H groups in total. The highest BCUT2D eigenvalue weighted by molar-refractivity contribution is 5.98. The highest BCUT2D eigenvalue weighted by Crippen LogP contribution is 2.41. The predicted octanol–water partition coefficient (Wildman–Crippen LogP) is 3.67. The maximum Gasteiger partial charge on any atom is 0.241 e. The van der Waals surface area contributed by atoms with Gasteiger partial charge in [0.15, 0.2) is 0 Å². The van der Waals surface area contributed by atoms with E-state index in [0.29, 0.717) is 39.3 Å². The van der Waals surface area contributed by atoms with Gasteiger partial charge >= 0.3 is 0 Å². The van der Waals surface area contributed by atoms with Gasteiger partial charge in [-0.25, -0.2) is 0 Å².